The monoisotopic (exact) mass is 1670 g/mol. The number of hydrogen-bond donors (Lipinski definition) is 0. The van der Waals surface area contributed by atoms with Crippen molar-refractivity contribution in [3.8, 4) is 0 Å². The molecule has 0 aromatic heterocycles. The zero-order valence-corrected chi connectivity index (χ0v) is 69.9. The van der Waals surface area contributed by atoms with E-state index in [1.165, 1.54) is 90.5 Å². The van der Waals surface area contributed by atoms with Crippen LogP contribution in [0.4, 0.5) is 0 Å². The van der Waals surface area contributed by atoms with Crippen LogP contribution in [-0.2, 0) is 66.4 Å². The number of carbonyl (C=O) groups is 9. The van der Waals surface area contributed by atoms with Gasteiger partial charge in [-0.1, -0.05) is 211 Å². The van der Waals surface area contributed by atoms with Crippen molar-refractivity contribution in [1.82, 2.24) is 0 Å². The zero-order chi connectivity index (χ0) is 86.3. The molecule has 15 rings (SSSR count). The van der Waals surface area contributed by atoms with E-state index in [0.717, 1.165) is 32.1 Å². The number of hydrogen-bond acceptors (Lipinski definition) is 22. The fourth-order valence-electron chi connectivity index (χ4n) is 20.8. The maximum absolute atomic E-state index is 15.4. The van der Waals surface area contributed by atoms with Crippen LogP contribution < -0.4 is 0 Å². The summed E-state index contributed by atoms with van der Waals surface area (Å²) in [4.78, 5) is 134. The number of rotatable bonds is 26. The van der Waals surface area contributed by atoms with E-state index in [4.69, 9.17) is 61.6 Å². The van der Waals surface area contributed by atoms with Gasteiger partial charge in [0.15, 0.2) is 49.2 Å². The Labute approximate surface area is 716 Å². The van der Waals surface area contributed by atoms with E-state index in [2.05, 4.69) is 54.2 Å². The number of allylic oxidation sites excluding steroid dienone is 2. The molecule has 0 radical (unpaired) electrons. The zero-order valence-electron chi connectivity index (χ0n) is 69.9. The summed E-state index contributed by atoms with van der Waals surface area (Å²) >= 11 is 0. The maximum Gasteiger partial charge on any atom is 0.338 e. The first-order valence-corrected chi connectivity index (χ1v) is 42.4. The molecule has 19 atom stereocenters. The second kappa shape index (κ2) is 36.8. The third-order valence-corrected chi connectivity index (χ3v) is 27.5. The van der Waals surface area contributed by atoms with Gasteiger partial charge in [0, 0.05) is 5.41 Å². The lowest BCUT2D eigenvalue weighted by molar-refractivity contribution is -0.344. The Morgan fingerprint density at radius 1 is 0.390 bits per heavy atom. The highest BCUT2D eigenvalue weighted by molar-refractivity contribution is 5.94. The Balaban J connectivity index is 0.857. The number of esters is 9. The molecular weight excluding hydrogens is 1570 g/mol. The summed E-state index contributed by atoms with van der Waals surface area (Å²) in [6.45, 7) is 16.1. The summed E-state index contributed by atoms with van der Waals surface area (Å²) < 4.78 is 87.4. The molecule has 7 aliphatic rings. The van der Waals surface area contributed by atoms with Crippen LogP contribution in [0.3, 0.4) is 0 Å². The fourth-order valence-corrected chi connectivity index (χ4v) is 20.8. The third-order valence-electron chi connectivity index (χ3n) is 27.5. The van der Waals surface area contributed by atoms with Gasteiger partial charge in [-0.3, -0.25) is 4.79 Å². The second-order valence-electron chi connectivity index (χ2n) is 35.2. The average molecular weight is 1670 g/mol. The topological polar surface area (TPSA) is 274 Å². The van der Waals surface area contributed by atoms with Gasteiger partial charge in [0.2, 0.25) is 0 Å². The van der Waals surface area contributed by atoms with Crippen molar-refractivity contribution in [2.75, 3.05) is 26.4 Å². The quantitative estimate of drug-likeness (QED) is 0.0211. The molecule has 1 unspecified atom stereocenters. The van der Waals surface area contributed by atoms with Crippen LogP contribution in [0.25, 0.3) is 0 Å². The summed E-state index contributed by atoms with van der Waals surface area (Å²) in [6.07, 6.45) is -8.66. The second-order valence-corrected chi connectivity index (χ2v) is 35.2. The third kappa shape index (κ3) is 17.8. The average Bonchev–Trinajstić information content (AvgIpc) is 0.672. The minimum Gasteiger partial charge on any atom is -0.461 e. The van der Waals surface area contributed by atoms with Crippen molar-refractivity contribution in [1.29, 1.82) is 0 Å². The molecule has 0 bridgehead atoms. The molecular formula is C101H104O22. The van der Waals surface area contributed by atoms with E-state index < -0.39 is 145 Å². The molecule has 2 heterocycles. The molecule has 0 N–H and O–H groups in total. The molecule has 2 aliphatic heterocycles. The Morgan fingerprint density at radius 3 is 1.20 bits per heavy atom. The molecule has 123 heavy (non-hydrogen) atoms. The minimum atomic E-state index is -1.99. The van der Waals surface area contributed by atoms with Gasteiger partial charge in [0.25, 0.3) is 0 Å². The Bertz CT molecular complexity index is 5130. The van der Waals surface area contributed by atoms with Crippen LogP contribution in [-0.4, -0.2) is 148 Å². The van der Waals surface area contributed by atoms with Crippen molar-refractivity contribution < 1.29 is 105 Å². The van der Waals surface area contributed by atoms with E-state index in [1.807, 2.05) is 6.07 Å². The molecule has 8 aromatic rings. The van der Waals surface area contributed by atoms with Gasteiger partial charge in [-0.05, 0) is 201 Å². The summed E-state index contributed by atoms with van der Waals surface area (Å²) in [6, 6.07) is 64.3. The summed E-state index contributed by atoms with van der Waals surface area (Å²) in [5.74, 6) is -7.67. The normalized spacial score (nSPS) is 30.3. The highest BCUT2D eigenvalue weighted by Gasteiger charge is 2.71. The lowest BCUT2D eigenvalue weighted by Gasteiger charge is -2.71. The predicted octanol–water partition coefficient (Wildman–Crippen LogP) is 17.4. The molecule has 640 valence electrons. The minimum absolute atomic E-state index is 0.0128. The predicted molar refractivity (Wildman–Crippen MR) is 450 cm³/mol. The highest BCUT2D eigenvalue weighted by atomic mass is 16.8. The van der Waals surface area contributed by atoms with E-state index in [9.17, 15) is 24.0 Å². The molecule has 22 nitrogen and oxygen atoms in total. The Morgan fingerprint density at radius 2 is 0.764 bits per heavy atom. The van der Waals surface area contributed by atoms with Crippen LogP contribution in [0.5, 0.6) is 0 Å². The van der Waals surface area contributed by atoms with Gasteiger partial charge in [-0.15, -0.1) is 0 Å². The first-order valence-electron chi connectivity index (χ1n) is 42.4. The van der Waals surface area contributed by atoms with Gasteiger partial charge in [0.05, 0.1) is 69.2 Å². The SMILES string of the molecule is C=CCOC(=O)[C@]12CCC(C)(C)C[C@H]1C1=CC[C@@H]3[C@@]4(C)CC[C@H](O[C@@H]5O[C@H](CO[C@H]6O[C@H](COC(=O)c7ccccc7)[C@H](OC(=O)c7ccccc7)[C@H](OC(=O)c7ccccc7)[C@H]6OC(=O)c6ccccc6)[C@@H](OC(=O)c6ccccc6)[C@H](OC(=O)c6ccccc6)[C@H]5OC(=O)c5ccccc5)[C@@](C)(COC(=O)c5ccccc5)C4CC[C@@]3(C)[C@]1(C)CC2. The van der Waals surface area contributed by atoms with Crippen molar-refractivity contribution in [2.24, 2.45) is 50.2 Å². The van der Waals surface area contributed by atoms with Crippen LogP contribution >= 0.6 is 0 Å². The lowest BCUT2D eigenvalue weighted by atomic mass is 9.33. The Hall–Kier alpha value is -11.7. The van der Waals surface area contributed by atoms with Crippen molar-refractivity contribution >= 4 is 53.7 Å². The van der Waals surface area contributed by atoms with E-state index >= 15 is 19.2 Å². The highest BCUT2D eigenvalue weighted by Crippen LogP contribution is 2.76. The molecule has 0 amide bonds. The fraction of sp³-hybridized carbons (Fsp3) is 0.396. The van der Waals surface area contributed by atoms with Crippen LogP contribution in [0.2, 0.25) is 0 Å². The van der Waals surface area contributed by atoms with Gasteiger partial charge in [0.1, 0.15) is 25.4 Å². The van der Waals surface area contributed by atoms with Gasteiger partial charge >= 0.3 is 53.7 Å². The number of carbonyl (C=O) groups excluding carboxylic acids is 9. The van der Waals surface area contributed by atoms with Gasteiger partial charge in [-0.25, -0.2) is 38.4 Å². The van der Waals surface area contributed by atoms with Crippen molar-refractivity contribution in [2.45, 2.75) is 173 Å². The van der Waals surface area contributed by atoms with E-state index in [1.54, 1.807) is 158 Å². The number of benzene rings is 8. The van der Waals surface area contributed by atoms with Gasteiger partial charge < -0.3 is 61.6 Å². The van der Waals surface area contributed by atoms with Crippen LogP contribution in [0, 0.1) is 50.2 Å². The largest absolute Gasteiger partial charge is 0.461 e. The first-order chi connectivity index (χ1) is 59.3. The van der Waals surface area contributed by atoms with E-state index in [0.29, 0.717) is 31.2 Å². The summed E-state index contributed by atoms with van der Waals surface area (Å²) in [7, 11) is 0. The number of fused-ring (bicyclic) bond motifs is 7. The van der Waals surface area contributed by atoms with E-state index in [-0.39, 0.29) is 98.5 Å². The molecule has 0 spiro atoms. The van der Waals surface area contributed by atoms with Gasteiger partial charge in [-0.2, -0.15) is 0 Å². The molecule has 8 aromatic carbocycles. The lowest BCUT2D eigenvalue weighted by Crippen LogP contribution is -2.68. The summed E-state index contributed by atoms with van der Waals surface area (Å²) in [5.41, 5.74) is -1.06. The molecule has 2 saturated heterocycles. The molecule has 6 fully saturated rings. The molecule has 5 aliphatic carbocycles. The Kier molecular flexibility index (Phi) is 25.8. The smallest absolute Gasteiger partial charge is 0.338 e. The van der Waals surface area contributed by atoms with Crippen LogP contribution in [0.15, 0.2) is 267 Å². The molecule has 22 heteroatoms. The van der Waals surface area contributed by atoms with Crippen molar-refractivity contribution in [3.63, 3.8) is 0 Å². The van der Waals surface area contributed by atoms with Crippen molar-refractivity contribution in [3.05, 3.63) is 311 Å². The number of ether oxygens (including phenoxy) is 13. The van der Waals surface area contributed by atoms with Crippen LogP contribution in [0.1, 0.15) is 189 Å². The standard InChI is InChI=1S/C101H104O22/c1-8-59-111-95(110)101-57-55-96(2,3)60-73(101)72-49-50-77-97(4)53-52-78(98(5,63-114-86(103)65-35-19-10-20-36-65)76(97)51-54-100(77,7)99(72,6)56-58-101)117-94-84(123-92(109)71-47-31-16-32-48-71)82(121-90(107)69-43-27-14-28-44-69)80(119-88(105)67-39-23-12-24-40-67)75(116-94)62-113-93-83(122-91(108)70-45-29-15-30-46-70)81(120-89(106)68-41-25-13-26-42-68)79(118-87(104)66-37-21-11-22-38-66)74(115-93)61-112-85(102)64-33-17-9-18-34-64/h8-49,73-84,93-94H,1,50-63H2,2-7H3/t73-,74+,75+,76?,77+,78-,79-,80+,81-,82-,83+,84+,93-,94-,97-,98-,99+,100+,101-/m0/s1. The molecule has 4 saturated carbocycles. The maximum atomic E-state index is 15.4. The summed E-state index contributed by atoms with van der Waals surface area (Å²) in [5, 5.41) is 0. The first kappa shape index (κ1) is 86.3.